The summed E-state index contributed by atoms with van der Waals surface area (Å²) in [6.07, 6.45) is 4.39. The lowest BCUT2D eigenvalue weighted by Gasteiger charge is -2.14. The maximum absolute atomic E-state index is 12.7. The van der Waals surface area contributed by atoms with Crippen molar-refractivity contribution in [1.82, 2.24) is 19.7 Å². The van der Waals surface area contributed by atoms with Crippen molar-refractivity contribution < 1.29 is 4.79 Å². The molecule has 0 bridgehead atoms. The number of nitrogens with zero attached hydrogens (tertiary/aromatic N) is 5. The summed E-state index contributed by atoms with van der Waals surface area (Å²) in [7, 11) is 1.85. The van der Waals surface area contributed by atoms with Crippen molar-refractivity contribution in [2.24, 2.45) is 7.05 Å². The van der Waals surface area contributed by atoms with Gasteiger partial charge >= 0.3 is 0 Å². The second kappa shape index (κ2) is 5.90. The van der Waals surface area contributed by atoms with Crippen molar-refractivity contribution in [2.75, 3.05) is 11.4 Å². The van der Waals surface area contributed by atoms with Crippen molar-refractivity contribution in [3.05, 3.63) is 42.4 Å². The number of aryl methyl sites for hydroxylation is 2. The van der Waals surface area contributed by atoms with Gasteiger partial charge in [0.1, 0.15) is 5.03 Å². The van der Waals surface area contributed by atoms with Crippen molar-refractivity contribution in [3.63, 3.8) is 0 Å². The molecule has 3 heterocycles. The normalized spacial score (nSPS) is 17.8. The van der Waals surface area contributed by atoms with Crippen LogP contribution in [-0.4, -0.2) is 37.5 Å². The van der Waals surface area contributed by atoms with Crippen LogP contribution in [0.5, 0.6) is 0 Å². The number of fused-ring (bicyclic) bond motifs is 1. The summed E-state index contributed by atoms with van der Waals surface area (Å²) >= 11 is 1.51. The molecule has 1 aromatic carbocycles. The Morgan fingerprint density at radius 1 is 1.21 bits per heavy atom. The van der Waals surface area contributed by atoms with E-state index in [-0.39, 0.29) is 11.2 Å². The van der Waals surface area contributed by atoms with Gasteiger partial charge in [0.2, 0.25) is 5.91 Å². The predicted molar refractivity (Wildman–Crippen MR) is 94.1 cm³/mol. The molecule has 0 radical (unpaired) electrons. The Morgan fingerprint density at radius 3 is 2.67 bits per heavy atom. The van der Waals surface area contributed by atoms with E-state index in [9.17, 15) is 4.79 Å². The number of para-hydroxylation sites is 2. The van der Waals surface area contributed by atoms with Gasteiger partial charge in [0, 0.05) is 19.8 Å². The molecular formula is C17H17N5OS. The average Bonchev–Trinajstić information content (AvgIpc) is 3.14. The molecule has 1 atom stereocenters. The number of carbonyl (C=O) groups is 1. The molecule has 1 amide bonds. The van der Waals surface area contributed by atoms with Crippen molar-refractivity contribution in [2.45, 2.75) is 23.6 Å². The summed E-state index contributed by atoms with van der Waals surface area (Å²) in [4.78, 5) is 23.8. The van der Waals surface area contributed by atoms with Crippen LogP contribution in [0.4, 0.5) is 5.69 Å². The lowest BCUT2D eigenvalue weighted by atomic mass is 10.3. The number of benzene rings is 1. The number of anilines is 1. The summed E-state index contributed by atoms with van der Waals surface area (Å²) in [5.41, 5.74) is 3.47. The van der Waals surface area contributed by atoms with Crippen molar-refractivity contribution in [3.8, 4) is 0 Å². The molecule has 1 aliphatic rings. The third kappa shape index (κ3) is 2.65. The van der Waals surface area contributed by atoms with Crippen LogP contribution in [0.15, 0.2) is 41.7 Å². The summed E-state index contributed by atoms with van der Waals surface area (Å²) in [5.74, 6) is 0.113. The van der Waals surface area contributed by atoms with Crippen LogP contribution in [0.2, 0.25) is 0 Å². The molecule has 6 nitrogen and oxygen atoms in total. The van der Waals surface area contributed by atoms with E-state index < -0.39 is 0 Å². The highest BCUT2D eigenvalue weighted by atomic mass is 32.2. The highest BCUT2D eigenvalue weighted by molar-refractivity contribution is 8.00. The smallest absolute Gasteiger partial charge is 0.240 e. The quantitative estimate of drug-likeness (QED) is 0.734. The van der Waals surface area contributed by atoms with Gasteiger partial charge in [-0.3, -0.25) is 9.48 Å². The number of carbonyl (C=O) groups excluding carboxylic acids is 1. The molecule has 7 heteroatoms. The second-order valence-electron chi connectivity index (χ2n) is 5.86. The molecule has 4 rings (SSSR count). The monoisotopic (exact) mass is 339 g/mol. The number of amides is 1. The van der Waals surface area contributed by atoms with Gasteiger partial charge in [-0.2, -0.15) is 5.10 Å². The van der Waals surface area contributed by atoms with E-state index in [2.05, 4.69) is 15.1 Å². The van der Waals surface area contributed by atoms with Crippen molar-refractivity contribution in [1.29, 1.82) is 0 Å². The first kappa shape index (κ1) is 15.1. The topological polar surface area (TPSA) is 63.9 Å². The molecule has 0 aliphatic carbocycles. The fraction of sp³-hybridized carbons (Fsp3) is 0.294. The molecule has 122 valence electrons. The fourth-order valence-corrected chi connectivity index (χ4v) is 3.97. The van der Waals surface area contributed by atoms with Crippen LogP contribution in [0.1, 0.15) is 12.1 Å². The van der Waals surface area contributed by atoms with E-state index in [1.54, 1.807) is 15.8 Å². The third-order valence-corrected chi connectivity index (χ3v) is 5.45. The second-order valence-corrected chi connectivity index (χ2v) is 7.05. The molecule has 0 saturated carbocycles. The Morgan fingerprint density at radius 2 is 1.96 bits per heavy atom. The molecule has 1 aliphatic heterocycles. The minimum absolute atomic E-state index is 0.113. The fourth-order valence-electron chi connectivity index (χ4n) is 2.89. The molecule has 0 unspecified atom stereocenters. The number of hydrogen-bond donors (Lipinski definition) is 0. The summed E-state index contributed by atoms with van der Waals surface area (Å²) in [6, 6.07) is 7.81. The van der Waals surface area contributed by atoms with Crippen molar-refractivity contribution >= 4 is 34.4 Å². The van der Waals surface area contributed by atoms with Crippen LogP contribution in [0.25, 0.3) is 11.0 Å². The summed E-state index contributed by atoms with van der Waals surface area (Å²) < 4.78 is 1.71. The number of aromatic nitrogens is 4. The lowest BCUT2D eigenvalue weighted by molar-refractivity contribution is -0.116. The number of thioether (sulfide) groups is 1. The van der Waals surface area contributed by atoms with Gasteiger partial charge in [-0.25, -0.2) is 9.97 Å². The van der Waals surface area contributed by atoms with Gasteiger partial charge in [0.25, 0.3) is 0 Å². The van der Waals surface area contributed by atoms with Gasteiger partial charge in [0.05, 0.1) is 33.9 Å². The lowest BCUT2D eigenvalue weighted by Crippen LogP contribution is -2.27. The predicted octanol–water partition coefficient (Wildman–Crippen LogP) is 2.57. The Bertz CT molecular complexity index is 922. The minimum Gasteiger partial charge on any atom is -0.308 e. The average molecular weight is 339 g/mol. The first-order chi connectivity index (χ1) is 11.6. The molecular weight excluding hydrogens is 322 g/mol. The number of hydrogen-bond acceptors (Lipinski definition) is 5. The molecule has 0 N–H and O–H groups in total. The van der Waals surface area contributed by atoms with Gasteiger partial charge < -0.3 is 4.90 Å². The van der Waals surface area contributed by atoms with E-state index in [1.807, 2.05) is 44.4 Å². The van der Waals surface area contributed by atoms with Gasteiger partial charge in [-0.05, 0) is 25.5 Å². The summed E-state index contributed by atoms with van der Waals surface area (Å²) in [6.45, 7) is 2.66. The highest BCUT2D eigenvalue weighted by Gasteiger charge is 2.34. The maximum Gasteiger partial charge on any atom is 0.240 e. The zero-order valence-corrected chi connectivity index (χ0v) is 14.3. The van der Waals surface area contributed by atoms with E-state index in [4.69, 9.17) is 0 Å². The van der Waals surface area contributed by atoms with E-state index in [0.29, 0.717) is 6.54 Å². The van der Waals surface area contributed by atoms with Crippen LogP contribution in [0, 0.1) is 6.92 Å². The van der Waals surface area contributed by atoms with Crippen LogP contribution >= 0.6 is 11.8 Å². The Balaban J connectivity index is 1.58. The van der Waals surface area contributed by atoms with Crippen LogP contribution in [-0.2, 0) is 11.8 Å². The minimum atomic E-state index is -0.126. The molecule has 3 aromatic rings. The first-order valence-electron chi connectivity index (χ1n) is 7.82. The Kier molecular flexibility index (Phi) is 3.72. The van der Waals surface area contributed by atoms with E-state index in [1.165, 1.54) is 11.8 Å². The molecule has 1 fully saturated rings. The first-order valence-corrected chi connectivity index (χ1v) is 8.70. The maximum atomic E-state index is 12.7. The van der Waals surface area contributed by atoms with Gasteiger partial charge in [-0.1, -0.05) is 23.9 Å². The SMILES string of the molecule is Cc1nc2ccccc2nc1S[C@@H]1CCN(c2cnn(C)c2)C1=O. The van der Waals surface area contributed by atoms with E-state index in [0.717, 1.165) is 33.9 Å². The Hall–Kier alpha value is -2.41. The van der Waals surface area contributed by atoms with E-state index >= 15 is 0 Å². The zero-order chi connectivity index (χ0) is 16.7. The molecule has 1 saturated heterocycles. The number of rotatable bonds is 3. The van der Waals surface area contributed by atoms with Crippen LogP contribution < -0.4 is 4.90 Å². The summed E-state index contributed by atoms with van der Waals surface area (Å²) in [5, 5.41) is 4.85. The van der Waals surface area contributed by atoms with Gasteiger partial charge in [0.15, 0.2) is 0 Å². The molecule has 24 heavy (non-hydrogen) atoms. The van der Waals surface area contributed by atoms with Crippen LogP contribution in [0.3, 0.4) is 0 Å². The highest BCUT2D eigenvalue weighted by Crippen LogP contribution is 2.33. The third-order valence-electron chi connectivity index (χ3n) is 4.11. The van der Waals surface area contributed by atoms with Gasteiger partial charge in [-0.15, -0.1) is 0 Å². The Labute approximate surface area is 143 Å². The molecule has 0 spiro atoms. The largest absolute Gasteiger partial charge is 0.308 e. The molecule has 2 aromatic heterocycles. The zero-order valence-electron chi connectivity index (χ0n) is 13.5. The standard InChI is InChI=1S/C17H17N5OS/c1-11-16(20-14-6-4-3-5-13(14)19-11)24-15-7-8-22(17(15)23)12-9-18-21(2)10-12/h3-6,9-10,15H,7-8H2,1-2H3/t15-/m1/s1.